The molecule has 0 aliphatic heterocycles. The highest BCUT2D eigenvalue weighted by atomic mass is 32.1. The van der Waals surface area contributed by atoms with Gasteiger partial charge in [0.25, 0.3) is 0 Å². The SMILES string of the molecule is c1ccc(-c2nc(-n3c4c5sc6ccccc6c5cc5ccc6cc7c8ccccc8sc7c3c6c54)nc3ccc4ccccc4c23)cc1. The fourth-order valence-corrected chi connectivity index (χ4v) is 10.7. The lowest BCUT2D eigenvalue weighted by atomic mass is 9.98. The van der Waals surface area contributed by atoms with Crippen molar-refractivity contribution in [3.63, 3.8) is 0 Å². The van der Waals surface area contributed by atoms with Crippen LogP contribution >= 0.6 is 22.7 Å². The molecule has 0 fully saturated rings. The number of benzene rings is 8. The lowest BCUT2D eigenvalue weighted by Crippen LogP contribution is -2.04. The Morgan fingerprint density at radius 2 is 0.980 bits per heavy atom. The Balaban J connectivity index is 1.36. The van der Waals surface area contributed by atoms with Crippen LogP contribution in [0, 0.1) is 0 Å². The predicted octanol–water partition coefficient (Wildman–Crippen LogP) is 12.9. The third-order valence-electron chi connectivity index (χ3n) is 10.3. The van der Waals surface area contributed by atoms with Crippen molar-refractivity contribution in [2.45, 2.75) is 0 Å². The molecule has 12 rings (SSSR count). The average Bonchev–Trinajstić information content (AvgIpc) is 3.84. The smallest absolute Gasteiger partial charge is 0.235 e. The highest BCUT2D eigenvalue weighted by Gasteiger charge is 2.26. The van der Waals surface area contributed by atoms with Crippen LogP contribution in [0.25, 0.3) is 112 Å². The van der Waals surface area contributed by atoms with E-state index in [2.05, 4.69) is 144 Å². The van der Waals surface area contributed by atoms with Crippen molar-refractivity contribution in [2.24, 2.45) is 0 Å². The molecular weight excluding hydrogens is 635 g/mol. The van der Waals surface area contributed by atoms with Crippen molar-refractivity contribution >= 4 is 117 Å². The third kappa shape index (κ3) is 3.40. The Bertz CT molecular complexity index is 3190. The molecule has 4 heterocycles. The van der Waals surface area contributed by atoms with E-state index in [1.54, 1.807) is 0 Å². The first-order valence-corrected chi connectivity index (χ1v) is 18.1. The molecule has 0 atom stereocenters. The summed E-state index contributed by atoms with van der Waals surface area (Å²) in [6.45, 7) is 0. The second kappa shape index (κ2) is 9.38. The molecular formula is C44H23N3S2. The van der Waals surface area contributed by atoms with Gasteiger partial charge in [0, 0.05) is 52.7 Å². The van der Waals surface area contributed by atoms with Gasteiger partial charge in [0.1, 0.15) is 0 Å². The Hall–Kier alpha value is -5.88. The van der Waals surface area contributed by atoms with Crippen LogP contribution in [0.1, 0.15) is 0 Å². The van der Waals surface area contributed by atoms with Crippen LogP contribution in [0.4, 0.5) is 0 Å². The summed E-state index contributed by atoms with van der Waals surface area (Å²) >= 11 is 3.75. The van der Waals surface area contributed by atoms with Crippen molar-refractivity contribution in [3.05, 3.63) is 140 Å². The summed E-state index contributed by atoms with van der Waals surface area (Å²) in [5.41, 5.74) is 5.36. The van der Waals surface area contributed by atoms with E-state index in [0.717, 1.165) is 27.5 Å². The van der Waals surface area contributed by atoms with E-state index in [0.29, 0.717) is 5.95 Å². The lowest BCUT2D eigenvalue weighted by molar-refractivity contribution is 1.02. The van der Waals surface area contributed by atoms with Gasteiger partial charge in [0.15, 0.2) is 0 Å². The fourth-order valence-electron chi connectivity index (χ4n) is 8.23. The normalized spacial score (nSPS) is 12.5. The van der Waals surface area contributed by atoms with Crippen LogP contribution in [-0.2, 0) is 0 Å². The summed E-state index contributed by atoms with van der Waals surface area (Å²) in [6, 6.07) is 50.6. The molecule has 8 aromatic carbocycles. The third-order valence-corrected chi connectivity index (χ3v) is 12.7. The summed E-state index contributed by atoms with van der Waals surface area (Å²) in [7, 11) is 0. The number of aromatic nitrogens is 3. The van der Waals surface area contributed by atoms with Crippen LogP contribution in [0.5, 0.6) is 0 Å². The highest BCUT2D eigenvalue weighted by Crippen LogP contribution is 2.50. The molecule has 0 saturated carbocycles. The van der Waals surface area contributed by atoms with Gasteiger partial charge in [-0.2, -0.15) is 0 Å². The van der Waals surface area contributed by atoms with E-state index in [1.807, 2.05) is 22.7 Å². The summed E-state index contributed by atoms with van der Waals surface area (Å²) in [5, 5.41) is 13.6. The van der Waals surface area contributed by atoms with Gasteiger partial charge in [-0.05, 0) is 51.9 Å². The quantitative estimate of drug-likeness (QED) is 0.173. The first-order chi connectivity index (χ1) is 24.3. The summed E-state index contributed by atoms with van der Waals surface area (Å²) in [4.78, 5) is 11.1. The van der Waals surface area contributed by atoms with Crippen molar-refractivity contribution in [1.82, 2.24) is 14.5 Å². The van der Waals surface area contributed by atoms with Crippen molar-refractivity contribution in [3.8, 4) is 17.2 Å². The molecule has 0 amide bonds. The molecule has 0 bridgehead atoms. The van der Waals surface area contributed by atoms with E-state index in [-0.39, 0.29) is 0 Å². The number of thiophene rings is 2. The van der Waals surface area contributed by atoms with Gasteiger partial charge < -0.3 is 0 Å². The molecule has 5 heteroatoms. The number of fused-ring (bicyclic) bond motifs is 11. The molecule has 226 valence electrons. The number of rotatable bonds is 2. The maximum atomic E-state index is 5.61. The summed E-state index contributed by atoms with van der Waals surface area (Å²) in [6.07, 6.45) is 0. The minimum Gasteiger partial charge on any atom is -0.275 e. The maximum Gasteiger partial charge on any atom is 0.235 e. The minimum absolute atomic E-state index is 0.704. The van der Waals surface area contributed by atoms with E-state index < -0.39 is 0 Å². The molecule has 49 heavy (non-hydrogen) atoms. The first kappa shape index (κ1) is 26.1. The fraction of sp³-hybridized carbons (Fsp3) is 0. The number of hydrogen-bond donors (Lipinski definition) is 0. The Morgan fingerprint density at radius 3 is 1.63 bits per heavy atom. The minimum atomic E-state index is 0.704. The largest absolute Gasteiger partial charge is 0.275 e. The molecule has 3 nitrogen and oxygen atoms in total. The molecule has 0 radical (unpaired) electrons. The summed E-state index contributed by atoms with van der Waals surface area (Å²) < 4.78 is 7.55. The zero-order chi connectivity index (χ0) is 31.8. The van der Waals surface area contributed by atoms with Crippen LogP contribution in [0.3, 0.4) is 0 Å². The topological polar surface area (TPSA) is 30.7 Å². The van der Waals surface area contributed by atoms with Gasteiger partial charge in [-0.25, -0.2) is 9.97 Å². The Labute approximate surface area is 287 Å². The molecule has 0 unspecified atom stereocenters. The van der Waals surface area contributed by atoms with E-state index >= 15 is 0 Å². The van der Waals surface area contributed by atoms with Crippen LogP contribution in [-0.4, -0.2) is 14.5 Å². The molecule has 0 spiro atoms. The zero-order valence-electron chi connectivity index (χ0n) is 25.9. The summed E-state index contributed by atoms with van der Waals surface area (Å²) in [5.74, 6) is 0.704. The molecule has 0 aliphatic carbocycles. The van der Waals surface area contributed by atoms with Gasteiger partial charge in [-0.3, -0.25) is 4.57 Å². The van der Waals surface area contributed by atoms with Crippen LogP contribution in [0.2, 0.25) is 0 Å². The van der Waals surface area contributed by atoms with E-state index in [4.69, 9.17) is 9.97 Å². The molecule has 0 aliphatic rings. The van der Waals surface area contributed by atoms with E-state index in [9.17, 15) is 0 Å². The number of nitrogens with zero attached hydrogens (tertiary/aromatic N) is 3. The molecule has 0 N–H and O–H groups in total. The second-order valence-electron chi connectivity index (χ2n) is 12.9. The van der Waals surface area contributed by atoms with Crippen LogP contribution in [0.15, 0.2) is 140 Å². The highest BCUT2D eigenvalue weighted by molar-refractivity contribution is 7.27. The zero-order valence-corrected chi connectivity index (χ0v) is 27.6. The lowest BCUT2D eigenvalue weighted by Gasteiger charge is -2.14. The van der Waals surface area contributed by atoms with Gasteiger partial charge in [0.2, 0.25) is 5.95 Å². The van der Waals surface area contributed by atoms with Gasteiger partial charge in [-0.1, -0.05) is 109 Å². The maximum absolute atomic E-state index is 5.61. The Morgan fingerprint density at radius 1 is 0.429 bits per heavy atom. The Kier molecular flexibility index (Phi) is 5.00. The van der Waals surface area contributed by atoms with E-state index in [1.165, 1.54) is 78.3 Å². The van der Waals surface area contributed by atoms with Gasteiger partial charge in [0.05, 0.1) is 31.6 Å². The second-order valence-corrected chi connectivity index (χ2v) is 15.0. The van der Waals surface area contributed by atoms with Crippen LogP contribution < -0.4 is 0 Å². The standard InChI is InChI=1S/C44H23N3S2/c1-2-11-25(12-3-1)39-38-28-13-5-4-10-24(28)20-21-33(38)45-44(46-39)47-40-36-26(22-31-29-14-6-8-16-34(29)48-42(31)40)18-19-27-23-32-30-15-7-9-17-35(30)49-43(32)41(47)37(27)36/h1-23H. The molecule has 0 saturated heterocycles. The monoisotopic (exact) mass is 657 g/mol. The van der Waals surface area contributed by atoms with Gasteiger partial charge in [-0.15, -0.1) is 22.7 Å². The first-order valence-electron chi connectivity index (χ1n) is 16.5. The van der Waals surface area contributed by atoms with Crippen molar-refractivity contribution < 1.29 is 0 Å². The average molecular weight is 658 g/mol. The predicted molar refractivity (Wildman–Crippen MR) is 211 cm³/mol. The number of hydrogen-bond acceptors (Lipinski definition) is 4. The molecule has 4 aromatic heterocycles. The molecule has 12 aromatic rings. The van der Waals surface area contributed by atoms with Gasteiger partial charge >= 0.3 is 0 Å². The van der Waals surface area contributed by atoms with Crippen molar-refractivity contribution in [2.75, 3.05) is 0 Å². The van der Waals surface area contributed by atoms with Crippen molar-refractivity contribution in [1.29, 1.82) is 0 Å².